The van der Waals surface area contributed by atoms with Crippen LogP contribution in [0.3, 0.4) is 0 Å². The molecule has 0 amide bonds. The van der Waals surface area contributed by atoms with E-state index >= 15 is 0 Å². The van der Waals surface area contributed by atoms with Gasteiger partial charge in [0.2, 0.25) is 0 Å². The maximum absolute atomic E-state index is 14.6. The number of hydrogen-bond acceptors (Lipinski definition) is 5. The number of benzene rings is 1. The predicted molar refractivity (Wildman–Crippen MR) is 103 cm³/mol. The molecule has 2 fully saturated rings. The highest BCUT2D eigenvalue weighted by atomic mass is 19.1. The second kappa shape index (κ2) is 9.96. The lowest BCUT2D eigenvalue weighted by atomic mass is 9.90. The largest absolute Gasteiger partial charge is 0.423 e. The first-order chi connectivity index (χ1) is 13.9. The third-order valence-electron chi connectivity index (χ3n) is 5.49. The quantitative estimate of drug-likeness (QED) is 0.481. The van der Waals surface area contributed by atoms with Crippen molar-refractivity contribution in [3.8, 4) is 5.75 Å². The first kappa shape index (κ1) is 22.1. The molecule has 2 heterocycles. The summed E-state index contributed by atoms with van der Waals surface area (Å²) in [5, 5.41) is 0. The molecule has 2 aliphatic rings. The average molecular weight is 412 g/mol. The van der Waals surface area contributed by atoms with E-state index in [0.717, 1.165) is 25.7 Å². The Bertz CT molecular complexity index is 680. The summed E-state index contributed by atoms with van der Waals surface area (Å²) in [6.45, 7) is 4.02. The molecule has 0 aromatic heterocycles. The van der Waals surface area contributed by atoms with Gasteiger partial charge in [0.25, 0.3) is 6.29 Å². The third kappa shape index (κ3) is 5.74. The van der Waals surface area contributed by atoms with Gasteiger partial charge in [0.1, 0.15) is 11.6 Å². The van der Waals surface area contributed by atoms with Gasteiger partial charge in [-0.25, -0.2) is 13.6 Å². The molecule has 7 heteroatoms. The van der Waals surface area contributed by atoms with Crippen molar-refractivity contribution >= 4 is 5.97 Å². The van der Waals surface area contributed by atoms with Gasteiger partial charge in [-0.15, -0.1) is 0 Å². The van der Waals surface area contributed by atoms with Crippen molar-refractivity contribution in [1.29, 1.82) is 0 Å². The molecule has 29 heavy (non-hydrogen) atoms. The topological polar surface area (TPSA) is 54.0 Å². The summed E-state index contributed by atoms with van der Waals surface area (Å²) in [4.78, 5) is 12.2. The number of esters is 1. The fourth-order valence-corrected chi connectivity index (χ4v) is 3.94. The summed E-state index contributed by atoms with van der Waals surface area (Å²) in [5.74, 6) is -1.20. The van der Waals surface area contributed by atoms with Crippen molar-refractivity contribution in [2.75, 3.05) is 19.8 Å². The molecule has 0 saturated carbocycles. The summed E-state index contributed by atoms with van der Waals surface area (Å²) in [5.41, 5.74) is -1.02. The monoisotopic (exact) mass is 412 g/mol. The molecule has 0 radical (unpaired) electrons. The van der Waals surface area contributed by atoms with Gasteiger partial charge in [-0.05, 0) is 37.3 Å². The van der Waals surface area contributed by atoms with E-state index in [4.69, 9.17) is 18.9 Å². The van der Waals surface area contributed by atoms with E-state index in [1.807, 2.05) is 6.92 Å². The lowest BCUT2D eigenvalue weighted by Gasteiger charge is -2.32. The maximum Gasteiger partial charge on any atom is 0.368 e. The summed E-state index contributed by atoms with van der Waals surface area (Å²) in [6, 6.07) is 4.36. The van der Waals surface area contributed by atoms with Crippen molar-refractivity contribution in [2.45, 2.75) is 76.4 Å². The predicted octanol–water partition coefficient (Wildman–Crippen LogP) is 4.68. The Morgan fingerprint density at radius 3 is 2.52 bits per heavy atom. The SMILES string of the molecule is CCCC1CCC(c2ccc(OC(=O)C3OCC(F)(CCC)CO3)cc2F)CO1. The standard InChI is InChI=1S/C22H30F2O5/c1-3-5-16-7-6-15(12-26-16)18-9-8-17(11-19(18)23)29-20(25)21-27-13-22(24,10-4-2)14-28-21/h8-9,11,15-16,21H,3-7,10,12-14H2,1-2H3. The number of alkyl halides is 1. The Kier molecular flexibility index (Phi) is 7.60. The fourth-order valence-electron chi connectivity index (χ4n) is 3.94. The number of carbonyl (C=O) groups excluding carboxylic acids is 1. The zero-order valence-corrected chi connectivity index (χ0v) is 17.1. The first-order valence-electron chi connectivity index (χ1n) is 10.5. The molecule has 2 atom stereocenters. The Morgan fingerprint density at radius 2 is 1.93 bits per heavy atom. The average Bonchev–Trinajstić information content (AvgIpc) is 2.70. The third-order valence-corrected chi connectivity index (χ3v) is 5.49. The highest BCUT2D eigenvalue weighted by molar-refractivity contribution is 5.76. The zero-order chi connectivity index (χ0) is 20.9. The van der Waals surface area contributed by atoms with Crippen molar-refractivity contribution in [2.24, 2.45) is 0 Å². The summed E-state index contributed by atoms with van der Waals surface area (Å²) < 4.78 is 50.3. The second-order valence-electron chi connectivity index (χ2n) is 7.98. The molecule has 5 nitrogen and oxygen atoms in total. The summed E-state index contributed by atoms with van der Waals surface area (Å²) >= 11 is 0. The van der Waals surface area contributed by atoms with Crippen molar-refractivity contribution < 1.29 is 32.5 Å². The smallest absolute Gasteiger partial charge is 0.368 e. The Hall–Kier alpha value is -1.57. The highest BCUT2D eigenvalue weighted by Gasteiger charge is 2.39. The number of halogens is 2. The van der Waals surface area contributed by atoms with Gasteiger partial charge in [0.05, 0.1) is 25.9 Å². The van der Waals surface area contributed by atoms with Gasteiger partial charge >= 0.3 is 5.97 Å². The van der Waals surface area contributed by atoms with Crippen LogP contribution in [0, 0.1) is 5.82 Å². The molecule has 0 spiro atoms. The van der Waals surface area contributed by atoms with Gasteiger partial charge in [-0.2, -0.15) is 0 Å². The van der Waals surface area contributed by atoms with Gasteiger partial charge in [0, 0.05) is 12.0 Å². The van der Waals surface area contributed by atoms with Crippen LogP contribution in [0.25, 0.3) is 0 Å². The van der Waals surface area contributed by atoms with Crippen LogP contribution in [0.4, 0.5) is 8.78 Å². The van der Waals surface area contributed by atoms with Crippen LogP contribution < -0.4 is 4.74 Å². The lowest BCUT2D eigenvalue weighted by Crippen LogP contribution is -2.47. The zero-order valence-electron chi connectivity index (χ0n) is 17.1. The molecule has 1 aromatic carbocycles. The van der Waals surface area contributed by atoms with Crippen LogP contribution in [-0.2, 0) is 19.0 Å². The maximum atomic E-state index is 14.6. The molecule has 2 aliphatic heterocycles. The summed E-state index contributed by atoms with van der Waals surface area (Å²) in [6.07, 6.45) is 3.78. The molecule has 1 aromatic rings. The van der Waals surface area contributed by atoms with Gasteiger partial charge in [0.15, 0.2) is 5.67 Å². The number of rotatable bonds is 7. The second-order valence-corrected chi connectivity index (χ2v) is 7.98. The Labute approximate surface area is 170 Å². The van der Waals surface area contributed by atoms with Crippen LogP contribution >= 0.6 is 0 Å². The molecular weight excluding hydrogens is 382 g/mol. The highest BCUT2D eigenvalue weighted by Crippen LogP contribution is 2.33. The molecule has 162 valence electrons. The number of ether oxygens (including phenoxy) is 4. The number of carbonyl (C=O) groups is 1. The molecule has 0 N–H and O–H groups in total. The van der Waals surface area contributed by atoms with E-state index < -0.39 is 23.7 Å². The van der Waals surface area contributed by atoms with Crippen molar-refractivity contribution in [1.82, 2.24) is 0 Å². The first-order valence-corrected chi connectivity index (χ1v) is 10.5. The Balaban J connectivity index is 1.53. The molecule has 2 unspecified atom stereocenters. The van der Waals surface area contributed by atoms with Gasteiger partial charge < -0.3 is 18.9 Å². The molecule has 0 bridgehead atoms. The van der Waals surface area contributed by atoms with E-state index in [1.54, 1.807) is 12.1 Å². The minimum absolute atomic E-state index is 0.00545. The summed E-state index contributed by atoms with van der Waals surface area (Å²) in [7, 11) is 0. The molecule has 2 saturated heterocycles. The Morgan fingerprint density at radius 1 is 1.17 bits per heavy atom. The minimum Gasteiger partial charge on any atom is -0.423 e. The van der Waals surface area contributed by atoms with Crippen molar-refractivity contribution in [3.63, 3.8) is 0 Å². The molecular formula is C22H30F2O5. The van der Waals surface area contributed by atoms with E-state index in [9.17, 15) is 13.6 Å². The number of hydrogen-bond donors (Lipinski definition) is 0. The molecule has 3 rings (SSSR count). The van der Waals surface area contributed by atoms with E-state index in [0.29, 0.717) is 25.0 Å². The van der Waals surface area contributed by atoms with E-state index in [-0.39, 0.29) is 31.0 Å². The molecule has 0 aliphatic carbocycles. The minimum atomic E-state index is -1.59. The van der Waals surface area contributed by atoms with Crippen LogP contribution in [0.2, 0.25) is 0 Å². The van der Waals surface area contributed by atoms with Crippen molar-refractivity contribution in [3.05, 3.63) is 29.6 Å². The fraction of sp³-hybridized carbons (Fsp3) is 0.682. The van der Waals surface area contributed by atoms with Crippen LogP contribution in [0.1, 0.15) is 63.9 Å². The van der Waals surface area contributed by atoms with E-state index in [2.05, 4.69) is 6.92 Å². The van der Waals surface area contributed by atoms with Gasteiger partial charge in [-0.1, -0.05) is 32.8 Å². The van der Waals surface area contributed by atoms with Crippen LogP contribution in [0.15, 0.2) is 18.2 Å². The van der Waals surface area contributed by atoms with Crippen LogP contribution in [-0.4, -0.2) is 43.9 Å². The lowest BCUT2D eigenvalue weighted by molar-refractivity contribution is -0.237. The van der Waals surface area contributed by atoms with Crippen LogP contribution in [0.5, 0.6) is 5.75 Å². The van der Waals surface area contributed by atoms with E-state index in [1.165, 1.54) is 6.07 Å². The van der Waals surface area contributed by atoms with Gasteiger partial charge in [-0.3, -0.25) is 0 Å². The normalized spacial score (nSPS) is 30.1.